The van der Waals surface area contributed by atoms with Gasteiger partial charge in [-0.15, -0.1) is 11.3 Å². The zero-order valence-electron chi connectivity index (χ0n) is 12.5. The van der Waals surface area contributed by atoms with Crippen molar-refractivity contribution in [1.29, 1.82) is 0 Å². The minimum Gasteiger partial charge on any atom is -0.298 e. The Morgan fingerprint density at radius 3 is 2.33 bits per heavy atom. The molecule has 0 atom stereocenters. The SMILES string of the molecule is Cc1ccsc1CN1CCC(C)(C(C)(C)C)CC1. The molecule has 0 unspecified atom stereocenters. The van der Waals surface area contributed by atoms with Crippen LogP contribution in [0.3, 0.4) is 0 Å². The minimum atomic E-state index is 0.429. The van der Waals surface area contributed by atoms with E-state index in [1.807, 2.05) is 11.3 Å². The summed E-state index contributed by atoms with van der Waals surface area (Å²) in [6, 6.07) is 2.24. The molecule has 0 radical (unpaired) electrons. The molecule has 0 aromatic carbocycles. The summed E-state index contributed by atoms with van der Waals surface area (Å²) in [6.07, 6.45) is 2.67. The molecule has 0 N–H and O–H groups in total. The van der Waals surface area contributed by atoms with Crippen LogP contribution in [-0.2, 0) is 6.54 Å². The highest BCUT2D eigenvalue weighted by Gasteiger charge is 2.39. The first-order chi connectivity index (χ1) is 8.32. The molecule has 102 valence electrons. The molecule has 1 aliphatic heterocycles. The average Bonchev–Trinajstić information content (AvgIpc) is 2.66. The van der Waals surface area contributed by atoms with Crippen LogP contribution in [0.5, 0.6) is 0 Å². The lowest BCUT2D eigenvalue weighted by molar-refractivity contribution is 0.0200. The van der Waals surface area contributed by atoms with Crippen LogP contribution in [-0.4, -0.2) is 18.0 Å². The lowest BCUT2D eigenvalue weighted by Crippen LogP contribution is -2.44. The zero-order chi connectivity index (χ0) is 13.4. The van der Waals surface area contributed by atoms with Crippen LogP contribution in [0.25, 0.3) is 0 Å². The number of hydrogen-bond acceptors (Lipinski definition) is 2. The van der Waals surface area contributed by atoms with Gasteiger partial charge in [0.05, 0.1) is 0 Å². The first-order valence-electron chi connectivity index (χ1n) is 7.07. The maximum Gasteiger partial charge on any atom is 0.0330 e. The molecule has 18 heavy (non-hydrogen) atoms. The summed E-state index contributed by atoms with van der Waals surface area (Å²) in [7, 11) is 0. The predicted octanol–water partition coefficient (Wildman–Crippen LogP) is 4.70. The Hall–Kier alpha value is -0.340. The predicted molar refractivity (Wildman–Crippen MR) is 81.1 cm³/mol. The fraction of sp³-hybridized carbons (Fsp3) is 0.750. The van der Waals surface area contributed by atoms with Gasteiger partial charge in [-0.3, -0.25) is 4.90 Å². The smallest absolute Gasteiger partial charge is 0.0330 e. The molecule has 0 aliphatic carbocycles. The fourth-order valence-electron chi connectivity index (χ4n) is 2.72. The van der Waals surface area contributed by atoms with E-state index in [0.717, 1.165) is 6.54 Å². The molecule has 1 nitrogen and oxygen atoms in total. The third-order valence-electron chi connectivity index (χ3n) is 5.11. The van der Waals surface area contributed by atoms with E-state index in [9.17, 15) is 0 Å². The molecule has 2 heterocycles. The number of nitrogens with zero attached hydrogens (tertiary/aromatic N) is 1. The molecule has 1 fully saturated rings. The van der Waals surface area contributed by atoms with Crippen molar-refractivity contribution in [2.75, 3.05) is 13.1 Å². The van der Waals surface area contributed by atoms with Gasteiger partial charge < -0.3 is 0 Å². The third-order valence-corrected chi connectivity index (χ3v) is 6.11. The summed E-state index contributed by atoms with van der Waals surface area (Å²) in [5, 5.41) is 2.22. The molecular formula is C16H27NS. The largest absolute Gasteiger partial charge is 0.298 e. The van der Waals surface area contributed by atoms with Crippen molar-refractivity contribution in [2.45, 2.75) is 54.0 Å². The van der Waals surface area contributed by atoms with Gasteiger partial charge in [-0.2, -0.15) is 0 Å². The molecule has 0 bridgehead atoms. The van der Waals surface area contributed by atoms with Gasteiger partial charge in [0.1, 0.15) is 0 Å². The van der Waals surface area contributed by atoms with E-state index in [0.29, 0.717) is 10.8 Å². The Balaban J connectivity index is 1.93. The summed E-state index contributed by atoms with van der Waals surface area (Å²) in [4.78, 5) is 4.18. The Bertz CT molecular complexity index is 391. The summed E-state index contributed by atoms with van der Waals surface area (Å²) < 4.78 is 0. The average molecular weight is 265 g/mol. The number of piperidine rings is 1. The van der Waals surface area contributed by atoms with E-state index in [4.69, 9.17) is 0 Å². The van der Waals surface area contributed by atoms with Gasteiger partial charge in [-0.05, 0) is 60.7 Å². The Morgan fingerprint density at radius 2 is 1.89 bits per heavy atom. The highest BCUT2D eigenvalue weighted by molar-refractivity contribution is 7.10. The van der Waals surface area contributed by atoms with Crippen LogP contribution >= 0.6 is 11.3 Å². The van der Waals surface area contributed by atoms with Crippen LogP contribution < -0.4 is 0 Å². The molecule has 0 amide bonds. The summed E-state index contributed by atoms with van der Waals surface area (Å²) >= 11 is 1.91. The van der Waals surface area contributed by atoms with Crippen molar-refractivity contribution in [2.24, 2.45) is 10.8 Å². The van der Waals surface area contributed by atoms with Crippen LogP contribution in [0, 0.1) is 17.8 Å². The molecule has 1 saturated heterocycles. The molecular weight excluding hydrogens is 238 g/mol. The van der Waals surface area contributed by atoms with Gasteiger partial charge in [0, 0.05) is 11.4 Å². The van der Waals surface area contributed by atoms with E-state index in [1.165, 1.54) is 31.5 Å². The van der Waals surface area contributed by atoms with Gasteiger partial charge in [0.15, 0.2) is 0 Å². The lowest BCUT2D eigenvalue weighted by Gasteiger charge is -2.48. The van der Waals surface area contributed by atoms with Crippen molar-refractivity contribution < 1.29 is 0 Å². The van der Waals surface area contributed by atoms with E-state index < -0.39 is 0 Å². The van der Waals surface area contributed by atoms with Crippen LogP contribution in [0.2, 0.25) is 0 Å². The summed E-state index contributed by atoms with van der Waals surface area (Å²) in [5.41, 5.74) is 2.40. The molecule has 1 aromatic rings. The molecule has 0 spiro atoms. The first kappa shape index (κ1) is 14.1. The van der Waals surface area contributed by atoms with Crippen molar-refractivity contribution >= 4 is 11.3 Å². The van der Waals surface area contributed by atoms with Crippen molar-refractivity contribution in [3.63, 3.8) is 0 Å². The summed E-state index contributed by atoms with van der Waals surface area (Å²) in [6.45, 7) is 15.6. The number of rotatable bonds is 2. The van der Waals surface area contributed by atoms with Crippen LogP contribution in [0.15, 0.2) is 11.4 Å². The highest BCUT2D eigenvalue weighted by Crippen LogP contribution is 2.46. The minimum absolute atomic E-state index is 0.429. The first-order valence-corrected chi connectivity index (χ1v) is 7.95. The van der Waals surface area contributed by atoms with E-state index in [1.54, 1.807) is 4.88 Å². The molecule has 1 aromatic heterocycles. The van der Waals surface area contributed by atoms with E-state index >= 15 is 0 Å². The Labute approximate surface area is 116 Å². The molecule has 0 saturated carbocycles. The standard InChI is InChI=1S/C16H27NS/c1-13-6-11-18-14(13)12-17-9-7-16(5,8-10-17)15(2,3)4/h6,11H,7-10,12H2,1-5H3. The topological polar surface area (TPSA) is 3.24 Å². The normalized spacial score (nSPS) is 21.2. The van der Waals surface area contributed by atoms with Crippen molar-refractivity contribution in [1.82, 2.24) is 4.90 Å². The second-order valence-electron chi connectivity index (χ2n) is 7.11. The molecule has 1 aliphatic rings. The molecule has 2 rings (SSSR count). The van der Waals surface area contributed by atoms with E-state index in [-0.39, 0.29) is 0 Å². The van der Waals surface area contributed by atoms with Gasteiger partial charge in [-0.1, -0.05) is 27.7 Å². The second-order valence-corrected chi connectivity index (χ2v) is 8.11. The second kappa shape index (κ2) is 4.97. The van der Waals surface area contributed by atoms with Crippen molar-refractivity contribution in [3.05, 3.63) is 21.9 Å². The lowest BCUT2D eigenvalue weighted by atomic mass is 9.63. The zero-order valence-corrected chi connectivity index (χ0v) is 13.4. The highest BCUT2D eigenvalue weighted by atomic mass is 32.1. The summed E-state index contributed by atoms with van der Waals surface area (Å²) in [5.74, 6) is 0. The quantitative estimate of drug-likeness (QED) is 0.749. The Kier molecular flexibility index (Phi) is 3.89. The number of aryl methyl sites for hydroxylation is 1. The van der Waals surface area contributed by atoms with Gasteiger partial charge in [0.2, 0.25) is 0 Å². The number of hydrogen-bond donors (Lipinski definition) is 0. The number of likely N-dealkylation sites (tertiary alicyclic amines) is 1. The van der Waals surface area contributed by atoms with Gasteiger partial charge in [-0.25, -0.2) is 0 Å². The monoisotopic (exact) mass is 265 g/mol. The van der Waals surface area contributed by atoms with Crippen LogP contribution in [0.1, 0.15) is 51.0 Å². The van der Waals surface area contributed by atoms with Crippen molar-refractivity contribution in [3.8, 4) is 0 Å². The number of thiophene rings is 1. The molecule has 2 heteroatoms. The maximum absolute atomic E-state index is 2.63. The van der Waals surface area contributed by atoms with Gasteiger partial charge >= 0.3 is 0 Å². The fourth-order valence-corrected chi connectivity index (χ4v) is 3.67. The Morgan fingerprint density at radius 1 is 1.28 bits per heavy atom. The van der Waals surface area contributed by atoms with E-state index in [2.05, 4.69) is 51.0 Å². The van der Waals surface area contributed by atoms with Crippen LogP contribution in [0.4, 0.5) is 0 Å². The third kappa shape index (κ3) is 2.80. The van der Waals surface area contributed by atoms with Gasteiger partial charge in [0.25, 0.3) is 0 Å². The maximum atomic E-state index is 2.63.